The van der Waals surface area contributed by atoms with Crippen LogP contribution < -0.4 is 0 Å². The third kappa shape index (κ3) is 2.48. The van der Waals surface area contributed by atoms with E-state index < -0.39 is 5.97 Å². The number of aromatic nitrogens is 1. The lowest BCUT2D eigenvalue weighted by atomic mass is 10.5. The van der Waals surface area contributed by atoms with E-state index in [1.165, 1.54) is 36.8 Å². The Morgan fingerprint density at radius 1 is 1.69 bits per heavy atom. The van der Waals surface area contributed by atoms with Crippen molar-refractivity contribution < 1.29 is 14.3 Å². The van der Waals surface area contributed by atoms with E-state index in [-0.39, 0.29) is 0 Å². The Balaban J connectivity index is 2.80. The van der Waals surface area contributed by atoms with Crippen molar-refractivity contribution in [1.29, 1.82) is 0 Å². The second-order valence-corrected chi connectivity index (χ2v) is 3.11. The minimum atomic E-state index is -0.414. The number of nitrogens with zero attached hydrogens (tertiary/aromatic N) is 1. The summed E-state index contributed by atoms with van der Waals surface area (Å²) in [5.74, 6) is -0.414. The predicted octanol–water partition coefficient (Wildman–Crippen LogP) is 1.14. The molecular weight excluding hydrogens is 190 g/mol. The Morgan fingerprint density at radius 2 is 2.46 bits per heavy atom. The van der Waals surface area contributed by atoms with Gasteiger partial charge in [-0.15, -0.1) is 11.3 Å². The average molecular weight is 197 g/mol. The summed E-state index contributed by atoms with van der Waals surface area (Å²) in [6, 6.07) is 0. The van der Waals surface area contributed by atoms with Gasteiger partial charge in [-0.05, 0) is 12.2 Å². The number of thiazole rings is 1. The first-order valence-electron chi connectivity index (χ1n) is 3.44. The molecule has 5 heteroatoms. The maximum atomic E-state index is 11.0. The number of methoxy groups -OCH3 is 1. The number of allylic oxidation sites excluding steroid dienone is 1. The molecule has 1 rings (SSSR count). The van der Waals surface area contributed by atoms with Crippen molar-refractivity contribution in [2.75, 3.05) is 7.11 Å². The molecule has 0 amide bonds. The van der Waals surface area contributed by atoms with Gasteiger partial charge in [-0.3, -0.25) is 4.79 Å². The van der Waals surface area contributed by atoms with E-state index in [4.69, 9.17) is 0 Å². The molecule has 1 aromatic heterocycles. The zero-order valence-corrected chi connectivity index (χ0v) is 7.71. The van der Waals surface area contributed by atoms with Gasteiger partial charge in [-0.1, -0.05) is 0 Å². The molecule has 68 valence electrons. The second-order valence-electron chi connectivity index (χ2n) is 2.05. The van der Waals surface area contributed by atoms with Crippen LogP contribution in [0.15, 0.2) is 12.3 Å². The van der Waals surface area contributed by atoms with E-state index >= 15 is 0 Å². The Morgan fingerprint density at radius 3 is 3.08 bits per heavy atom. The standard InChI is InChI=1S/C8H7NO3S/c1-12-8(11)6-5-9-7(13-6)3-2-4-10/h2-5H,1H3. The van der Waals surface area contributed by atoms with Crippen LogP contribution >= 0.6 is 11.3 Å². The smallest absolute Gasteiger partial charge is 0.349 e. The lowest BCUT2D eigenvalue weighted by molar-refractivity contribution is -0.104. The van der Waals surface area contributed by atoms with Crippen LogP contribution in [-0.4, -0.2) is 24.3 Å². The lowest BCUT2D eigenvalue weighted by Gasteiger charge is -1.89. The van der Waals surface area contributed by atoms with Crippen LogP contribution in [0.5, 0.6) is 0 Å². The monoisotopic (exact) mass is 197 g/mol. The molecule has 0 N–H and O–H groups in total. The molecule has 1 heterocycles. The number of carbonyl (C=O) groups excluding carboxylic acids is 2. The van der Waals surface area contributed by atoms with Gasteiger partial charge in [0.05, 0.1) is 13.3 Å². The summed E-state index contributed by atoms with van der Waals surface area (Å²) in [5.41, 5.74) is 0. The highest BCUT2D eigenvalue weighted by molar-refractivity contribution is 7.14. The summed E-state index contributed by atoms with van der Waals surface area (Å²) in [7, 11) is 1.31. The van der Waals surface area contributed by atoms with Crippen LogP contribution in [0.25, 0.3) is 6.08 Å². The number of ether oxygens (including phenoxy) is 1. The highest BCUT2D eigenvalue weighted by Gasteiger charge is 2.08. The summed E-state index contributed by atoms with van der Waals surface area (Å²) in [5, 5.41) is 0.604. The summed E-state index contributed by atoms with van der Waals surface area (Å²) in [4.78, 5) is 25.2. The van der Waals surface area contributed by atoms with E-state index in [2.05, 4.69) is 9.72 Å². The van der Waals surface area contributed by atoms with Gasteiger partial charge >= 0.3 is 5.97 Å². The fourth-order valence-electron chi connectivity index (χ4n) is 0.681. The molecule has 13 heavy (non-hydrogen) atoms. The molecule has 4 nitrogen and oxygen atoms in total. The Hall–Kier alpha value is -1.49. The fourth-order valence-corrected chi connectivity index (χ4v) is 1.43. The van der Waals surface area contributed by atoms with Crippen molar-refractivity contribution in [1.82, 2.24) is 4.98 Å². The SMILES string of the molecule is COC(=O)c1cnc(C=CC=O)s1. The maximum absolute atomic E-state index is 11.0. The first-order valence-corrected chi connectivity index (χ1v) is 4.25. The molecule has 0 aliphatic carbocycles. The summed E-state index contributed by atoms with van der Waals surface area (Å²) in [6.07, 6.45) is 4.92. The summed E-state index contributed by atoms with van der Waals surface area (Å²) in [6.45, 7) is 0. The number of rotatable bonds is 3. The molecule has 0 saturated heterocycles. The quantitative estimate of drug-likeness (QED) is 0.414. The summed E-state index contributed by atoms with van der Waals surface area (Å²) >= 11 is 1.17. The topological polar surface area (TPSA) is 56.3 Å². The van der Waals surface area contributed by atoms with Crippen molar-refractivity contribution in [3.05, 3.63) is 22.2 Å². The van der Waals surface area contributed by atoms with Crippen LogP contribution in [0.3, 0.4) is 0 Å². The van der Waals surface area contributed by atoms with Crippen molar-refractivity contribution in [3.8, 4) is 0 Å². The molecule has 0 unspecified atom stereocenters. The van der Waals surface area contributed by atoms with Crippen molar-refractivity contribution in [2.45, 2.75) is 0 Å². The van der Waals surface area contributed by atoms with Gasteiger partial charge in [0, 0.05) is 0 Å². The van der Waals surface area contributed by atoms with E-state index in [9.17, 15) is 9.59 Å². The number of esters is 1. The van der Waals surface area contributed by atoms with Crippen LogP contribution in [-0.2, 0) is 9.53 Å². The minimum Gasteiger partial charge on any atom is -0.465 e. The lowest BCUT2D eigenvalue weighted by Crippen LogP contribution is -1.96. The molecule has 0 aliphatic heterocycles. The molecule has 0 fully saturated rings. The van der Waals surface area contributed by atoms with Crippen LogP contribution in [0.1, 0.15) is 14.7 Å². The molecular formula is C8H7NO3S. The Kier molecular flexibility index (Phi) is 3.33. The van der Waals surface area contributed by atoms with Gasteiger partial charge in [0.15, 0.2) is 0 Å². The first-order chi connectivity index (χ1) is 6.27. The zero-order chi connectivity index (χ0) is 9.68. The number of hydrogen-bond donors (Lipinski definition) is 0. The second kappa shape index (κ2) is 4.51. The first kappa shape index (κ1) is 9.60. The minimum absolute atomic E-state index is 0.414. The molecule has 0 radical (unpaired) electrons. The molecule has 0 aromatic carbocycles. The van der Waals surface area contributed by atoms with E-state index in [0.717, 1.165) is 0 Å². The number of hydrogen-bond acceptors (Lipinski definition) is 5. The third-order valence-corrected chi connectivity index (χ3v) is 2.17. The fraction of sp³-hybridized carbons (Fsp3) is 0.125. The number of carbonyl (C=O) groups is 2. The van der Waals surface area contributed by atoms with Crippen molar-refractivity contribution in [2.24, 2.45) is 0 Å². The Labute approximate surface area is 78.9 Å². The predicted molar refractivity (Wildman–Crippen MR) is 48.6 cm³/mol. The third-order valence-electron chi connectivity index (χ3n) is 1.23. The molecule has 0 bridgehead atoms. The molecule has 0 aliphatic rings. The Bertz CT molecular complexity index is 343. The van der Waals surface area contributed by atoms with Crippen LogP contribution in [0.4, 0.5) is 0 Å². The highest BCUT2D eigenvalue weighted by atomic mass is 32.1. The number of aldehydes is 1. The zero-order valence-electron chi connectivity index (χ0n) is 6.89. The van der Waals surface area contributed by atoms with Gasteiger partial charge in [0.25, 0.3) is 0 Å². The van der Waals surface area contributed by atoms with Crippen LogP contribution in [0.2, 0.25) is 0 Å². The van der Waals surface area contributed by atoms with E-state index in [0.29, 0.717) is 16.2 Å². The molecule has 1 aromatic rings. The van der Waals surface area contributed by atoms with Gasteiger partial charge in [-0.25, -0.2) is 9.78 Å². The van der Waals surface area contributed by atoms with Crippen molar-refractivity contribution >= 4 is 29.7 Å². The largest absolute Gasteiger partial charge is 0.465 e. The van der Waals surface area contributed by atoms with Gasteiger partial charge in [0.1, 0.15) is 16.2 Å². The molecule has 0 saturated carbocycles. The van der Waals surface area contributed by atoms with Gasteiger partial charge in [0.2, 0.25) is 0 Å². The highest BCUT2D eigenvalue weighted by Crippen LogP contribution is 2.14. The molecule has 0 spiro atoms. The van der Waals surface area contributed by atoms with Gasteiger partial charge in [-0.2, -0.15) is 0 Å². The van der Waals surface area contributed by atoms with Crippen LogP contribution in [0, 0.1) is 0 Å². The van der Waals surface area contributed by atoms with Gasteiger partial charge < -0.3 is 4.74 Å². The average Bonchev–Trinajstić information content (AvgIpc) is 2.62. The summed E-state index contributed by atoms with van der Waals surface area (Å²) < 4.78 is 4.49. The van der Waals surface area contributed by atoms with E-state index in [1.807, 2.05) is 0 Å². The van der Waals surface area contributed by atoms with E-state index in [1.54, 1.807) is 0 Å². The normalized spacial score (nSPS) is 10.2. The maximum Gasteiger partial charge on any atom is 0.349 e. The molecule has 0 atom stereocenters. The van der Waals surface area contributed by atoms with Crippen molar-refractivity contribution in [3.63, 3.8) is 0 Å².